The van der Waals surface area contributed by atoms with Crippen LogP contribution in [-0.4, -0.2) is 29.2 Å². The highest BCUT2D eigenvalue weighted by Gasteiger charge is 2.32. The van der Waals surface area contributed by atoms with E-state index in [-0.39, 0.29) is 11.8 Å². The number of amides is 1. The van der Waals surface area contributed by atoms with E-state index >= 15 is 0 Å². The second-order valence-corrected chi connectivity index (χ2v) is 4.09. The molecule has 1 aliphatic rings. The Hall–Kier alpha value is -1.36. The van der Waals surface area contributed by atoms with Gasteiger partial charge in [0.05, 0.1) is 17.1 Å². The average molecular weight is 208 g/mol. The van der Waals surface area contributed by atoms with Gasteiger partial charge in [0.15, 0.2) is 0 Å². The third-order valence-corrected chi connectivity index (χ3v) is 2.90. The van der Waals surface area contributed by atoms with Crippen molar-refractivity contribution in [1.29, 1.82) is 0 Å². The molecule has 2 heterocycles. The number of anilines is 1. The summed E-state index contributed by atoms with van der Waals surface area (Å²) in [6, 6.07) is 0. The van der Waals surface area contributed by atoms with Crippen LogP contribution in [-0.2, 0) is 4.79 Å². The highest BCUT2D eigenvalue weighted by Crippen LogP contribution is 2.28. The first-order chi connectivity index (χ1) is 7.13. The van der Waals surface area contributed by atoms with Gasteiger partial charge in [-0.2, -0.15) is 5.10 Å². The molecular weight excluding hydrogens is 192 g/mol. The largest absolute Gasteiger partial charge is 0.330 e. The van der Waals surface area contributed by atoms with Crippen LogP contribution in [0.1, 0.15) is 17.8 Å². The molecule has 3 N–H and O–H groups in total. The normalized spacial score (nSPS) is 21.4. The minimum absolute atomic E-state index is 0.151. The van der Waals surface area contributed by atoms with Crippen molar-refractivity contribution in [3.8, 4) is 0 Å². The number of nitrogens with zero attached hydrogens (tertiary/aromatic N) is 2. The summed E-state index contributed by atoms with van der Waals surface area (Å²) in [4.78, 5) is 13.6. The Kier molecular flexibility index (Phi) is 2.48. The van der Waals surface area contributed by atoms with Crippen LogP contribution < -0.4 is 10.6 Å². The SMILES string of the molecule is Cc1n[nH]c(C)c1N1CC(CN)CC1=O. The number of rotatable bonds is 2. The molecular formula is C10H16N4O. The molecule has 1 fully saturated rings. The van der Waals surface area contributed by atoms with Crippen molar-refractivity contribution in [3.63, 3.8) is 0 Å². The molecule has 5 heteroatoms. The third kappa shape index (κ3) is 1.63. The van der Waals surface area contributed by atoms with Crippen molar-refractivity contribution >= 4 is 11.6 Å². The Morgan fingerprint density at radius 3 is 2.80 bits per heavy atom. The van der Waals surface area contributed by atoms with E-state index in [2.05, 4.69) is 10.2 Å². The molecule has 1 unspecified atom stereocenters. The molecule has 0 spiro atoms. The Morgan fingerprint density at radius 1 is 1.60 bits per heavy atom. The Bertz CT molecular complexity index is 365. The van der Waals surface area contributed by atoms with Gasteiger partial charge in [0.25, 0.3) is 0 Å². The molecule has 5 nitrogen and oxygen atoms in total. The van der Waals surface area contributed by atoms with Gasteiger partial charge in [-0.15, -0.1) is 0 Å². The van der Waals surface area contributed by atoms with E-state index in [1.54, 1.807) is 4.90 Å². The van der Waals surface area contributed by atoms with Crippen molar-refractivity contribution in [2.75, 3.05) is 18.0 Å². The lowest BCUT2D eigenvalue weighted by atomic mass is 10.1. The predicted octanol–water partition coefficient (Wildman–Crippen LogP) is 0.338. The van der Waals surface area contributed by atoms with Gasteiger partial charge in [-0.1, -0.05) is 0 Å². The molecule has 0 saturated carbocycles. The Morgan fingerprint density at radius 2 is 2.33 bits per heavy atom. The minimum Gasteiger partial charge on any atom is -0.330 e. The number of aromatic amines is 1. The molecule has 15 heavy (non-hydrogen) atoms. The summed E-state index contributed by atoms with van der Waals surface area (Å²) >= 11 is 0. The highest BCUT2D eigenvalue weighted by atomic mass is 16.2. The van der Waals surface area contributed by atoms with Crippen LogP contribution in [0.2, 0.25) is 0 Å². The zero-order valence-electron chi connectivity index (χ0n) is 9.08. The molecule has 0 bridgehead atoms. The van der Waals surface area contributed by atoms with Crippen LogP contribution in [0.3, 0.4) is 0 Å². The van der Waals surface area contributed by atoms with Gasteiger partial charge in [-0.3, -0.25) is 9.89 Å². The first-order valence-corrected chi connectivity index (χ1v) is 5.15. The van der Waals surface area contributed by atoms with Crippen LogP contribution in [0.4, 0.5) is 5.69 Å². The van der Waals surface area contributed by atoms with E-state index in [4.69, 9.17) is 5.73 Å². The maximum absolute atomic E-state index is 11.8. The zero-order chi connectivity index (χ0) is 11.0. The van der Waals surface area contributed by atoms with Crippen molar-refractivity contribution in [2.24, 2.45) is 11.7 Å². The molecule has 82 valence electrons. The Balaban J connectivity index is 2.29. The molecule has 1 aromatic rings. The highest BCUT2D eigenvalue weighted by molar-refractivity contribution is 5.96. The summed E-state index contributed by atoms with van der Waals surface area (Å²) in [6.07, 6.45) is 0.556. The molecule has 1 atom stereocenters. The molecule has 1 aromatic heterocycles. The van der Waals surface area contributed by atoms with E-state index in [1.165, 1.54) is 0 Å². The van der Waals surface area contributed by atoms with Gasteiger partial charge >= 0.3 is 0 Å². The molecule has 0 aliphatic carbocycles. The lowest BCUT2D eigenvalue weighted by Gasteiger charge is -2.16. The number of aryl methyl sites for hydroxylation is 2. The van der Waals surface area contributed by atoms with Gasteiger partial charge in [-0.25, -0.2) is 0 Å². The van der Waals surface area contributed by atoms with E-state index in [0.29, 0.717) is 13.0 Å². The number of carbonyl (C=O) groups is 1. The summed E-state index contributed by atoms with van der Waals surface area (Å²) in [5.41, 5.74) is 8.33. The van der Waals surface area contributed by atoms with Crippen molar-refractivity contribution in [2.45, 2.75) is 20.3 Å². The van der Waals surface area contributed by atoms with Crippen LogP contribution in [0.15, 0.2) is 0 Å². The lowest BCUT2D eigenvalue weighted by Crippen LogP contribution is -2.26. The number of hydrogen-bond acceptors (Lipinski definition) is 3. The first kappa shape index (κ1) is 10.2. The van der Waals surface area contributed by atoms with Crippen LogP contribution in [0, 0.1) is 19.8 Å². The standard InChI is InChI=1S/C10H16N4O/c1-6-10(7(2)13-12-6)14-5-8(4-11)3-9(14)15/h8H,3-5,11H2,1-2H3,(H,12,13). The zero-order valence-corrected chi connectivity index (χ0v) is 9.08. The number of carbonyl (C=O) groups excluding carboxylic acids is 1. The average Bonchev–Trinajstić information content (AvgIpc) is 2.71. The van der Waals surface area contributed by atoms with Crippen molar-refractivity contribution in [1.82, 2.24) is 10.2 Å². The number of nitrogens with one attached hydrogen (secondary N) is 1. The van der Waals surface area contributed by atoms with Gasteiger partial charge < -0.3 is 10.6 Å². The second-order valence-electron chi connectivity index (χ2n) is 4.09. The number of aromatic nitrogens is 2. The van der Waals surface area contributed by atoms with Gasteiger partial charge in [0.2, 0.25) is 5.91 Å². The summed E-state index contributed by atoms with van der Waals surface area (Å²) in [7, 11) is 0. The number of H-pyrrole nitrogens is 1. The van der Waals surface area contributed by atoms with Crippen molar-refractivity contribution < 1.29 is 4.79 Å². The maximum atomic E-state index is 11.8. The second kappa shape index (κ2) is 3.66. The molecule has 1 amide bonds. The molecule has 1 aliphatic heterocycles. The summed E-state index contributed by atoms with van der Waals surface area (Å²) in [5, 5.41) is 6.99. The number of hydrogen-bond donors (Lipinski definition) is 2. The molecule has 2 rings (SSSR count). The fraction of sp³-hybridized carbons (Fsp3) is 0.600. The molecule has 0 aromatic carbocycles. The fourth-order valence-corrected chi connectivity index (χ4v) is 2.10. The van der Waals surface area contributed by atoms with Gasteiger partial charge in [-0.05, 0) is 26.3 Å². The lowest BCUT2D eigenvalue weighted by molar-refractivity contribution is -0.117. The van der Waals surface area contributed by atoms with E-state index < -0.39 is 0 Å². The van der Waals surface area contributed by atoms with Crippen molar-refractivity contribution in [3.05, 3.63) is 11.4 Å². The van der Waals surface area contributed by atoms with E-state index in [0.717, 1.165) is 23.6 Å². The van der Waals surface area contributed by atoms with Crippen LogP contribution in [0.25, 0.3) is 0 Å². The fourth-order valence-electron chi connectivity index (χ4n) is 2.10. The summed E-state index contributed by atoms with van der Waals surface area (Å²) in [5.74, 6) is 0.434. The number of nitrogens with two attached hydrogens (primary N) is 1. The minimum atomic E-state index is 0.151. The summed E-state index contributed by atoms with van der Waals surface area (Å²) < 4.78 is 0. The van der Waals surface area contributed by atoms with E-state index in [1.807, 2.05) is 13.8 Å². The summed E-state index contributed by atoms with van der Waals surface area (Å²) in [6.45, 7) is 5.12. The first-order valence-electron chi connectivity index (χ1n) is 5.15. The predicted molar refractivity (Wildman–Crippen MR) is 57.6 cm³/mol. The third-order valence-electron chi connectivity index (χ3n) is 2.90. The van der Waals surface area contributed by atoms with Gasteiger partial charge in [0, 0.05) is 13.0 Å². The molecule has 1 saturated heterocycles. The molecule has 0 radical (unpaired) electrons. The Labute approximate surface area is 88.6 Å². The smallest absolute Gasteiger partial charge is 0.227 e. The van der Waals surface area contributed by atoms with Gasteiger partial charge in [0.1, 0.15) is 0 Å². The topological polar surface area (TPSA) is 75.0 Å². The monoisotopic (exact) mass is 208 g/mol. The van der Waals surface area contributed by atoms with Crippen LogP contribution in [0.5, 0.6) is 0 Å². The quantitative estimate of drug-likeness (QED) is 0.735. The maximum Gasteiger partial charge on any atom is 0.227 e. The van der Waals surface area contributed by atoms with E-state index in [9.17, 15) is 4.79 Å². The van der Waals surface area contributed by atoms with Crippen LogP contribution >= 0.6 is 0 Å².